The van der Waals surface area contributed by atoms with Crippen molar-refractivity contribution >= 4 is 81.0 Å². The third-order valence-electron chi connectivity index (χ3n) is 13.6. The van der Waals surface area contributed by atoms with E-state index in [0.717, 1.165) is 47.6 Å². The molecule has 91 heavy (non-hydrogen) atoms. The predicted octanol–water partition coefficient (Wildman–Crippen LogP) is -9.53. The number of carbonyl (C=O) groups is 8. The fraction of sp³-hybridized carbons (Fsp3) is 0.358. The third-order valence-corrected chi connectivity index (χ3v) is 13.6. The van der Waals surface area contributed by atoms with Crippen molar-refractivity contribution < 1.29 is 38.4 Å². The van der Waals surface area contributed by atoms with Crippen molar-refractivity contribution in [3.63, 3.8) is 0 Å². The van der Waals surface area contributed by atoms with Crippen LogP contribution in [0.2, 0.25) is 0 Å². The fourth-order valence-corrected chi connectivity index (χ4v) is 9.13. The number of carbonyl (C=O) groups excluding carboxylic acids is 8. The van der Waals surface area contributed by atoms with Gasteiger partial charge in [0.05, 0.1) is 54.5 Å². The normalized spacial score (nSPS) is 13.0. The Kier molecular flexibility index (Phi) is 23.2. The summed E-state index contributed by atoms with van der Waals surface area (Å²) in [7, 11) is 1.05. The summed E-state index contributed by atoms with van der Waals surface area (Å²) in [6.45, 7) is -3.64. The number of likely N-dealkylation sites (N-methyl/N-ethyl adjacent to an activating group) is 1. The highest BCUT2D eigenvalue weighted by Crippen LogP contribution is 2.09. The number of hydrogen-bond acceptors (Lipinski definition) is 18. The number of rotatable bonds is 30. The van der Waals surface area contributed by atoms with E-state index in [9.17, 15) is 71.9 Å². The molecule has 0 aliphatic carbocycles. The van der Waals surface area contributed by atoms with Crippen molar-refractivity contribution in [3.8, 4) is 0 Å². The van der Waals surface area contributed by atoms with Crippen LogP contribution >= 0.6 is 0 Å². The van der Waals surface area contributed by atoms with E-state index in [1.54, 1.807) is 0 Å². The van der Waals surface area contributed by atoms with Gasteiger partial charge in [0.15, 0.2) is 11.9 Å². The molecule has 4 aromatic heterocycles. The van der Waals surface area contributed by atoms with E-state index in [1.807, 2.05) is 9.97 Å². The molecule has 6 rings (SSSR count). The summed E-state index contributed by atoms with van der Waals surface area (Å²) in [4.78, 5) is 235. The minimum atomic E-state index is -2.22. The van der Waals surface area contributed by atoms with Crippen LogP contribution in [0.15, 0.2) is 121 Å². The molecule has 0 aliphatic heterocycles. The Bertz CT molecular complexity index is 4320. The molecular formula is C53H66N22O16. The molecule has 0 saturated heterocycles. The van der Waals surface area contributed by atoms with Crippen molar-refractivity contribution in [2.45, 2.75) is 95.0 Å². The molecule has 0 saturated carbocycles. The maximum atomic E-state index is 15.0. The van der Waals surface area contributed by atoms with Gasteiger partial charge in [-0.2, -0.15) is 0 Å². The van der Waals surface area contributed by atoms with E-state index in [0.29, 0.717) is 14.0 Å². The van der Waals surface area contributed by atoms with E-state index < -0.39 is 161 Å². The average Bonchev–Trinajstić information content (AvgIpc) is 1.34. The molecule has 20 N–H and O–H groups in total. The summed E-state index contributed by atoms with van der Waals surface area (Å²) in [6, 6.07) is 2.21. The standard InChI is InChI=1S/C53H66N22O16/c1-26(76)61-32(14-8-18-60-49(57)58)41(81)66-36(22-73-20-16-38(78)70-51(73)89)47(87)71(2)25-39(79)62-34(23-74-45(85)27-9-3-5-11-29(27)67-52(74)90)43(83)65-35(24-75-46(86)28-10-4-6-12-30(28)68-53(75)91)44(84)64-33(21-72-19-15-37(77)69-50(72)88)42(82)63-31(40(54)80)13-7-17-59-48(55)56/h3-6,9-12,15-16,19-20,31-36H,7-8,13-14,17-18,21-25H2,1-2H3,(H2,54,80)(H,61,76)(H,62,79)(H,63,82)(H,64,84)(H,65,83)(H,66,81)(H,67,90)(H,68,91)(H4,55,56,59)(H4,57,58,60)(H,69,77,88)(H,70,78,89)/t31-,32-,33-,34-,35-,36-/m0/s1. The quantitative estimate of drug-likeness (QED) is 0.0113. The smallest absolute Gasteiger partial charge is 0.328 e. The maximum absolute atomic E-state index is 15.0. The first-order valence-electron chi connectivity index (χ1n) is 27.6. The number of primary amides is 1. The van der Waals surface area contributed by atoms with Crippen LogP contribution < -0.4 is 106 Å². The molecule has 6 atom stereocenters. The molecule has 0 bridgehead atoms. The molecular weight excluding hydrogens is 1200 g/mol. The van der Waals surface area contributed by atoms with Crippen LogP contribution in [0.4, 0.5) is 0 Å². The summed E-state index contributed by atoms with van der Waals surface area (Å²) in [5, 5.41) is 14.0. The van der Waals surface area contributed by atoms with Gasteiger partial charge in [-0.1, -0.05) is 24.3 Å². The number of aromatic amines is 4. The lowest BCUT2D eigenvalue weighted by atomic mass is 10.1. The summed E-state index contributed by atoms with van der Waals surface area (Å²) in [6.07, 6.45) is 1.89. The number of guanidine groups is 2. The SMILES string of the molecule is CC(=O)N[C@@H](CCCN=C(N)N)C(=O)N[C@@H](Cn1ccc(=O)[nH]c1=O)C(=O)N(C)CC(=O)N[C@@H](Cn1c(=O)[nH]c2ccccc2c1=O)C(=O)N[C@@H](Cn1c(=O)[nH]c2ccccc2c1=O)C(=O)N[C@@H](Cn1ccc(=O)[nH]c1=O)C(=O)N[C@@H](CCCN=C(N)N)C(N)=O. The van der Waals surface area contributed by atoms with Crippen molar-refractivity contribution in [2.75, 3.05) is 26.7 Å². The van der Waals surface area contributed by atoms with Crippen LogP contribution in [0.5, 0.6) is 0 Å². The zero-order valence-corrected chi connectivity index (χ0v) is 48.7. The lowest BCUT2D eigenvalue weighted by Gasteiger charge is -2.28. The maximum Gasteiger partial charge on any atom is 0.328 e. The molecule has 8 amide bonds. The van der Waals surface area contributed by atoms with E-state index in [4.69, 9.17) is 28.7 Å². The highest BCUT2D eigenvalue weighted by molar-refractivity contribution is 5.97. The number of aromatic nitrogens is 8. The second-order valence-corrected chi connectivity index (χ2v) is 20.4. The van der Waals surface area contributed by atoms with Gasteiger partial charge in [0, 0.05) is 51.6 Å². The number of hydrogen-bond donors (Lipinski definition) is 15. The van der Waals surface area contributed by atoms with Gasteiger partial charge < -0.3 is 75.4 Å². The molecule has 0 radical (unpaired) electrons. The fourth-order valence-electron chi connectivity index (χ4n) is 9.13. The summed E-state index contributed by atoms with van der Waals surface area (Å²) in [5.41, 5.74) is 19.2. The molecule has 2 aromatic carbocycles. The average molecular weight is 1270 g/mol. The van der Waals surface area contributed by atoms with Crippen molar-refractivity contribution in [1.82, 2.24) is 75.0 Å². The number of benzene rings is 2. The Labute approximate surface area is 509 Å². The molecule has 0 fully saturated rings. The molecule has 0 aliphatic rings. The van der Waals surface area contributed by atoms with Gasteiger partial charge in [0.25, 0.3) is 22.2 Å². The number of nitrogens with one attached hydrogen (secondary N) is 10. The summed E-state index contributed by atoms with van der Waals surface area (Å²) < 4.78 is 2.59. The first-order chi connectivity index (χ1) is 43.1. The number of fused-ring (bicyclic) bond motifs is 2. The van der Waals surface area contributed by atoms with Crippen molar-refractivity contribution in [2.24, 2.45) is 38.7 Å². The number of H-pyrrole nitrogens is 4. The number of nitrogens with zero attached hydrogens (tertiary/aromatic N) is 7. The zero-order chi connectivity index (χ0) is 66.8. The monoisotopic (exact) mass is 1270 g/mol. The topological polar surface area (TPSA) is 586 Å². The Morgan fingerprint density at radius 3 is 1.32 bits per heavy atom. The largest absolute Gasteiger partial charge is 0.370 e. The van der Waals surface area contributed by atoms with Crippen LogP contribution in [0.25, 0.3) is 21.8 Å². The summed E-state index contributed by atoms with van der Waals surface area (Å²) >= 11 is 0. The Morgan fingerprint density at radius 2 is 0.879 bits per heavy atom. The van der Waals surface area contributed by atoms with Crippen LogP contribution in [0.1, 0.15) is 32.6 Å². The van der Waals surface area contributed by atoms with Crippen LogP contribution in [0, 0.1) is 0 Å². The summed E-state index contributed by atoms with van der Waals surface area (Å²) in [5.74, 6) is -9.69. The van der Waals surface area contributed by atoms with Crippen molar-refractivity contribution in [1.29, 1.82) is 0 Å². The van der Waals surface area contributed by atoms with Gasteiger partial charge in [0.2, 0.25) is 47.3 Å². The molecule has 484 valence electrons. The molecule has 0 spiro atoms. The second kappa shape index (κ2) is 31.1. The second-order valence-electron chi connectivity index (χ2n) is 20.4. The first-order valence-corrected chi connectivity index (χ1v) is 27.6. The van der Waals surface area contributed by atoms with Crippen LogP contribution in [-0.2, 0) is 64.5 Å². The predicted molar refractivity (Wildman–Crippen MR) is 324 cm³/mol. The highest BCUT2D eigenvalue weighted by Gasteiger charge is 2.35. The number of amides is 8. The molecule has 6 aromatic rings. The van der Waals surface area contributed by atoms with Crippen molar-refractivity contribution in [3.05, 3.63) is 156 Å². The first kappa shape index (κ1) is 68.1. The highest BCUT2D eigenvalue weighted by atomic mass is 16.2. The van der Waals surface area contributed by atoms with E-state index in [1.165, 1.54) is 48.5 Å². The number of para-hydroxylation sites is 2. The minimum absolute atomic E-state index is 0.0209. The van der Waals surface area contributed by atoms with Crippen LogP contribution in [0.3, 0.4) is 0 Å². The molecule has 38 nitrogen and oxygen atoms in total. The lowest BCUT2D eigenvalue weighted by Crippen LogP contribution is -2.62. The van der Waals surface area contributed by atoms with Gasteiger partial charge >= 0.3 is 22.8 Å². The van der Waals surface area contributed by atoms with E-state index in [2.05, 4.69) is 51.9 Å². The van der Waals surface area contributed by atoms with Gasteiger partial charge in [-0.15, -0.1) is 0 Å². The Hall–Kier alpha value is -12.0. The molecule has 4 heterocycles. The third kappa shape index (κ3) is 19.0. The van der Waals surface area contributed by atoms with Crippen LogP contribution in [-0.4, -0.2) is 165 Å². The van der Waals surface area contributed by atoms with Gasteiger partial charge in [-0.05, 0) is 49.9 Å². The number of aliphatic imine (C=N–C) groups is 2. The Morgan fingerprint density at radius 1 is 0.484 bits per heavy atom. The van der Waals surface area contributed by atoms with E-state index >= 15 is 4.79 Å². The Balaban J connectivity index is 1.39. The minimum Gasteiger partial charge on any atom is -0.370 e. The van der Waals surface area contributed by atoms with E-state index in [-0.39, 0.29) is 72.5 Å². The lowest BCUT2D eigenvalue weighted by molar-refractivity contribution is -0.140. The molecule has 38 heteroatoms. The number of nitrogens with two attached hydrogens (primary N) is 5. The van der Waals surface area contributed by atoms with Gasteiger partial charge in [-0.3, -0.25) is 95.8 Å². The van der Waals surface area contributed by atoms with Gasteiger partial charge in [-0.25, -0.2) is 19.2 Å². The zero-order valence-electron chi connectivity index (χ0n) is 48.7. The van der Waals surface area contributed by atoms with Gasteiger partial charge in [0.1, 0.15) is 36.3 Å². The molecule has 0 unspecified atom stereocenters.